The summed E-state index contributed by atoms with van der Waals surface area (Å²) in [4.78, 5) is 2.18. The van der Waals surface area contributed by atoms with Gasteiger partial charge < -0.3 is 19.1 Å². The Labute approximate surface area is 200 Å². The van der Waals surface area contributed by atoms with Gasteiger partial charge in [0.2, 0.25) is 16.8 Å². The molecule has 3 heterocycles. The Hall–Kier alpha value is -2.89. The van der Waals surface area contributed by atoms with Crippen molar-refractivity contribution in [2.75, 3.05) is 45.0 Å². The third kappa shape index (κ3) is 4.23. The van der Waals surface area contributed by atoms with Crippen molar-refractivity contribution >= 4 is 31.8 Å². The van der Waals surface area contributed by atoms with Crippen LogP contribution in [0.5, 0.6) is 17.2 Å². The fraction of sp³-hybridized carbons (Fsp3) is 0.273. The van der Waals surface area contributed by atoms with Crippen LogP contribution < -0.4 is 19.1 Å². The van der Waals surface area contributed by atoms with Crippen molar-refractivity contribution in [2.45, 2.75) is 4.90 Å². The molecule has 0 spiro atoms. The van der Waals surface area contributed by atoms with Crippen molar-refractivity contribution in [3.05, 3.63) is 53.0 Å². The van der Waals surface area contributed by atoms with E-state index in [0.29, 0.717) is 48.0 Å². The molecule has 0 aliphatic carbocycles. The SMILES string of the molecule is COc1ccc(Br)cc1S(=O)(=O)N1CCN(c2ccc(-c3ccc4c(c3)OCO4)nn2)CC1. The summed E-state index contributed by atoms with van der Waals surface area (Å²) in [7, 11) is -2.22. The minimum absolute atomic E-state index is 0.153. The van der Waals surface area contributed by atoms with E-state index < -0.39 is 10.0 Å². The second-order valence-electron chi connectivity index (χ2n) is 7.53. The summed E-state index contributed by atoms with van der Waals surface area (Å²) in [6, 6.07) is 14.4. The molecular formula is C22H21BrN4O5S. The van der Waals surface area contributed by atoms with Crippen LogP contribution in [0.25, 0.3) is 11.3 Å². The summed E-state index contributed by atoms with van der Waals surface area (Å²) in [6.07, 6.45) is 0. The lowest BCUT2D eigenvalue weighted by Gasteiger charge is -2.34. The average Bonchev–Trinajstić information content (AvgIpc) is 3.32. The van der Waals surface area contributed by atoms with Crippen LogP contribution in [0.2, 0.25) is 0 Å². The van der Waals surface area contributed by atoms with E-state index in [1.54, 1.807) is 18.2 Å². The first-order valence-corrected chi connectivity index (χ1v) is 12.5. The molecule has 33 heavy (non-hydrogen) atoms. The summed E-state index contributed by atoms with van der Waals surface area (Å²) in [5.74, 6) is 2.44. The summed E-state index contributed by atoms with van der Waals surface area (Å²) in [5.41, 5.74) is 1.61. The van der Waals surface area contributed by atoms with E-state index in [-0.39, 0.29) is 11.7 Å². The van der Waals surface area contributed by atoms with Gasteiger partial charge in [-0.05, 0) is 48.5 Å². The lowest BCUT2D eigenvalue weighted by Crippen LogP contribution is -2.49. The molecule has 0 amide bonds. The van der Waals surface area contributed by atoms with Gasteiger partial charge in [-0.1, -0.05) is 15.9 Å². The van der Waals surface area contributed by atoms with Crippen LogP contribution >= 0.6 is 15.9 Å². The Morgan fingerprint density at radius 1 is 0.939 bits per heavy atom. The minimum Gasteiger partial charge on any atom is -0.495 e. The number of methoxy groups -OCH3 is 1. The van der Waals surface area contributed by atoms with E-state index in [4.69, 9.17) is 14.2 Å². The minimum atomic E-state index is -3.69. The fourth-order valence-electron chi connectivity index (χ4n) is 3.85. The van der Waals surface area contributed by atoms with Crippen LogP contribution in [-0.2, 0) is 10.0 Å². The van der Waals surface area contributed by atoms with Crippen LogP contribution in [0, 0.1) is 0 Å². The lowest BCUT2D eigenvalue weighted by molar-refractivity contribution is 0.174. The van der Waals surface area contributed by atoms with Crippen molar-refractivity contribution in [1.82, 2.24) is 14.5 Å². The van der Waals surface area contributed by atoms with Crippen molar-refractivity contribution in [3.63, 3.8) is 0 Å². The van der Waals surface area contributed by atoms with E-state index >= 15 is 0 Å². The molecule has 9 nitrogen and oxygen atoms in total. The number of hydrogen-bond acceptors (Lipinski definition) is 8. The molecule has 5 rings (SSSR count). The molecule has 3 aromatic rings. The van der Waals surface area contributed by atoms with Crippen molar-refractivity contribution in [1.29, 1.82) is 0 Å². The largest absolute Gasteiger partial charge is 0.495 e. The van der Waals surface area contributed by atoms with E-state index in [2.05, 4.69) is 26.1 Å². The summed E-state index contributed by atoms with van der Waals surface area (Å²) < 4.78 is 44.6. The van der Waals surface area contributed by atoms with Crippen LogP contribution in [-0.4, -0.2) is 63.0 Å². The maximum Gasteiger partial charge on any atom is 0.246 e. The molecule has 0 N–H and O–H groups in total. The van der Waals surface area contributed by atoms with E-state index in [0.717, 1.165) is 17.0 Å². The number of benzene rings is 2. The van der Waals surface area contributed by atoms with Gasteiger partial charge in [-0.25, -0.2) is 8.42 Å². The molecule has 1 fully saturated rings. The van der Waals surface area contributed by atoms with Gasteiger partial charge in [0.05, 0.1) is 12.8 Å². The zero-order valence-electron chi connectivity index (χ0n) is 17.8. The first-order chi connectivity index (χ1) is 16.0. The normalized spacial score (nSPS) is 16.1. The number of anilines is 1. The number of ether oxygens (including phenoxy) is 3. The molecule has 2 aliphatic rings. The maximum atomic E-state index is 13.2. The zero-order chi connectivity index (χ0) is 23.0. The molecule has 1 saturated heterocycles. The number of fused-ring (bicyclic) bond motifs is 1. The molecule has 0 unspecified atom stereocenters. The highest BCUT2D eigenvalue weighted by Gasteiger charge is 2.31. The standard InChI is InChI=1S/C22H21BrN4O5S/c1-30-19-6-3-16(23)13-21(19)33(28,29)27-10-8-26(9-11-27)22-7-4-17(24-25-22)15-2-5-18-20(12-15)32-14-31-18/h2-7,12-13H,8-11,14H2,1H3. The molecule has 0 saturated carbocycles. The second-order valence-corrected chi connectivity index (χ2v) is 10.4. The van der Waals surface area contributed by atoms with E-state index in [1.165, 1.54) is 11.4 Å². The number of nitrogens with zero attached hydrogens (tertiary/aromatic N) is 4. The number of aromatic nitrogens is 2. The highest BCUT2D eigenvalue weighted by Crippen LogP contribution is 2.35. The Morgan fingerprint density at radius 3 is 2.45 bits per heavy atom. The molecule has 11 heteroatoms. The number of halogens is 1. The van der Waals surface area contributed by atoms with Gasteiger partial charge in [0.1, 0.15) is 10.6 Å². The second kappa shape index (κ2) is 8.81. The van der Waals surface area contributed by atoms with Crippen molar-refractivity contribution in [2.24, 2.45) is 0 Å². The van der Waals surface area contributed by atoms with Crippen LogP contribution in [0.3, 0.4) is 0 Å². The Kier molecular flexibility index (Phi) is 5.85. The highest BCUT2D eigenvalue weighted by molar-refractivity contribution is 9.10. The van der Waals surface area contributed by atoms with Gasteiger partial charge in [0.25, 0.3) is 0 Å². The van der Waals surface area contributed by atoms with Crippen LogP contribution in [0.15, 0.2) is 57.9 Å². The predicted molar refractivity (Wildman–Crippen MR) is 125 cm³/mol. The van der Waals surface area contributed by atoms with Crippen molar-refractivity contribution < 1.29 is 22.6 Å². The topological polar surface area (TPSA) is 94.1 Å². The van der Waals surface area contributed by atoms with Gasteiger partial charge in [0, 0.05) is 36.2 Å². The molecule has 2 aromatic carbocycles. The molecule has 172 valence electrons. The third-order valence-corrected chi connectivity index (χ3v) is 8.04. The Bertz CT molecular complexity index is 1280. The number of rotatable bonds is 5. The number of sulfonamides is 1. The molecule has 0 bridgehead atoms. The summed E-state index contributed by atoms with van der Waals surface area (Å²) in [6.45, 7) is 1.91. The first kappa shape index (κ1) is 21.9. The van der Waals surface area contributed by atoms with E-state index in [9.17, 15) is 8.42 Å². The molecule has 0 radical (unpaired) electrons. The van der Waals surface area contributed by atoms with E-state index in [1.807, 2.05) is 35.2 Å². The zero-order valence-corrected chi connectivity index (χ0v) is 20.2. The van der Waals surface area contributed by atoms with Gasteiger partial charge in [-0.2, -0.15) is 4.31 Å². The maximum absolute atomic E-state index is 13.2. The average molecular weight is 533 g/mol. The molecule has 2 aliphatic heterocycles. The predicted octanol–water partition coefficient (Wildman–Crippen LogP) is 3.15. The molecular weight excluding hydrogens is 512 g/mol. The Morgan fingerprint density at radius 2 is 1.73 bits per heavy atom. The highest BCUT2D eigenvalue weighted by atomic mass is 79.9. The number of hydrogen-bond donors (Lipinski definition) is 0. The van der Waals surface area contributed by atoms with Crippen LogP contribution in [0.4, 0.5) is 5.82 Å². The van der Waals surface area contributed by atoms with Gasteiger partial charge in [-0.3, -0.25) is 0 Å². The summed E-state index contributed by atoms with van der Waals surface area (Å²) >= 11 is 3.34. The molecule has 0 atom stereocenters. The van der Waals surface area contributed by atoms with Gasteiger partial charge in [0.15, 0.2) is 17.3 Å². The number of piperazine rings is 1. The van der Waals surface area contributed by atoms with Crippen molar-refractivity contribution in [3.8, 4) is 28.5 Å². The fourth-order valence-corrected chi connectivity index (χ4v) is 5.97. The summed E-state index contributed by atoms with van der Waals surface area (Å²) in [5, 5.41) is 8.72. The van der Waals surface area contributed by atoms with Crippen LogP contribution in [0.1, 0.15) is 0 Å². The monoisotopic (exact) mass is 532 g/mol. The first-order valence-electron chi connectivity index (χ1n) is 10.3. The Balaban J connectivity index is 1.28. The molecule has 1 aromatic heterocycles. The third-order valence-electron chi connectivity index (χ3n) is 5.62. The van der Waals surface area contributed by atoms with Gasteiger partial charge >= 0.3 is 0 Å². The lowest BCUT2D eigenvalue weighted by atomic mass is 10.1. The van der Waals surface area contributed by atoms with Gasteiger partial charge in [-0.15, -0.1) is 10.2 Å². The quantitative estimate of drug-likeness (QED) is 0.494. The smallest absolute Gasteiger partial charge is 0.246 e.